The van der Waals surface area contributed by atoms with Gasteiger partial charge in [0.1, 0.15) is 0 Å². The van der Waals surface area contributed by atoms with Gasteiger partial charge in [0.05, 0.1) is 6.61 Å². The van der Waals surface area contributed by atoms with Gasteiger partial charge in [-0.2, -0.15) is 4.39 Å². The van der Waals surface area contributed by atoms with Gasteiger partial charge in [0.15, 0.2) is 0 Å². The third kappa shape index (κ3) is 6.51. The van der Waals surface area contributed by atoms with Crippen molar-refractivity contribution >= 4 is 5.97 Å². The number of ether oxygens (including phenoxy) is 1. The van der Waals surface area contributed by atoms with E-state index in [1.165, 1.54) is 0 Å². The van der Waals surface area contributed by atoms with Crippen molar-refractivity contribution in [3.63, 3.8) is 0 Å². The van der Waals surface area contributed by atoms with E-state index in [0.29, 0.717) is 6.42 Å². The number of alkyl halides is 3. The fourth-order valence-electron chi connectivity index (χ4n) is 1.24. The van der Waals surface area contributed by atoms with Crippen LogP contribution in [0.4, 0.5) is 13.2 Å². The number of halogens is 3. The number of carbonyl (C=O) groups is 1. The average molecular weight is 256 g/mol. The first-order valence-corrected chi connectivity index (χ1v) is 5.79. The van der Waals surface area contributed by atoms with Gasteiger partial charge in [0.2, 0.25) is 0 Å². The van der Waals surface area contributed by atoms with Crippen molar-refractivity contribution in [2.75, 3.05) is 6.61 Å². The molecule has 0 saturated heterocycles. The van der Waals surface area contributed by atoms with Crippen molar-refractivity contribution < 1.29 is 27.8 Å². The van der Waals surface area contributed by atoms with E-state index in [0.717, 1.165) is 32.1 Å². The molecule has 0 fully saturated rings. The van der Waals surface area contributed by atoms with Crippen LogP contribution in [-0.2, 0) is 9.53 Å². The van der Waals surface area contributed by atoms with Crippen LogP contribution in [0.1, 0.15) is 45.4 Å². The van der Waals surface area contributed by atoms with Gasteiger partial charge in [0.25, 0.3) is 0 Å². The fraction of sp³-hybridized carbons (Fsp3) is 0.909. The molecule has 6 heteroatoms. The van der Waals surface area contributed by atoms with E-state index in [1.807, 2.05) is 0 Å². The lowest BCUT2D eigenvalue weighted by Crippen LogP contribution is -2.42. The van der Waals surface area contributed by atoms with E-state index in [1.54, 1.807) is 0 Å². The van der Waals surface area contributed by atoms with Crippen molar-refractivity contribution in [1.82, 2.24) is 0 Å². The molecule has 1 unspecified atom stereocenters. The molecule has 0 radical (unpaired) electrons. The Labute approximate surface area is 99.0 Å². The summed E-state index contributed by atoms with van der Waals surface area (Å²) in [6.07, 6.45) is 1.73. The Hall–Kier alpha value is -0.780. The molecule has 0 saturated carbocycles. The van der Waals surface area contributed by atoms with Crippen molar-refractivity contribution in [3.05, 3.63) is 0 Å². The summed E-state index contributed by atoms with van der Waals surface area (Å²) in [4.78, 5) is 10.7. The monoisotopic (exact) mass is 256 g/mol. The zero-order chi connectivity index (χ0) is 13.3. The van der Waals surface area contributed by atoms with Gasteiger partial charge in [-0.05, 0) is 6.42 Å². The van der Waals surface area contributed by atoms with E-state index >= 15 is 0 Å². The van der Waals surface area contributed by atoms with E-state index in [4.69, 9.17) is 5.11 Å². The van der Waals surface area contributed by atoms with E-state index < -0.39 is 18.2 Å². The van der Waals surface area contributed by atoms with Crippen LogP contribution in [0.25, 0.3) is 0 Å². The van der Waals surface area contributed by atoms with Crippen LogP contribution in [0.15, 0.2) is 0 Å². The molecule has 0 bridgehead atoms. The van der Waals surface area contributed by atoms with Gasteiger partial charge in [0, 0.05) is 0 Å². The molecule has 0 amide bonds. The zero-order valence-electron chi connectivity index (χ0n) is 9.92. The van der Waals surface area contributed by atoms with Gasteiger partial charge in [-0.3, -0.25) is 0 Å². The maximum Gasteiger partial charge on any atom is 0.378 e. The predicted octanol–water partition coefficient (Wildman–Crippen LogP) is 2.81. The van der Waals surface area contributed by atoms with Crippen molar-refractivity contribution in [3.8, 4) is 0 Å². The third-order valence-corrected chi connectivity index (χ3v) is 2.31. The van der Waals surface area contributed by atoms with Crippen LogP contribution < -0.4 is 0 Å². The van der Waals surface area contributed by atoms with E-state index in [-0.39, 0.29) is 6.61 Å². The molecule has 0 rings (SSSR count). The summed E-state index contributed by atoms with van der Waals surface area (Å²) >= 11 is 0. The highest BCUT2D eigenvalue weighted by atomic mass is 19.3. The topological polar surface area (TPSA) is 46.5 Å². The Balaban J connectivity index is 3.58. The molecule has 1 atom stereocenters. The summed E-state index contributed by atoms with van der Waals surface area (Å²) in [6.45, 7) is 1.93. The average Bonchev–Trinajstić information content (AvgIpc) is 2.27. The molecule has 1 N–H and O–H groups in total. The molecule has 102 valence electrons. The van der Waals surface area contributed by atoms with Crippen LogP contribution >= 0.6 is 0 Å². The van der Waals surface area contributed by atoms with Crippen LogP contribution in [0.2, 0.25) is 0 Å². The summed E-state index contributed by atoms with van der Waals surface area (Å²) in [7, 11) is 0. The highest BCUT2D eigenvalue weighted by Gasteiger charge is 2.48. The number of rotatable bonds is 9. The largest absolute Gasteiger partial charge is 0.461 e. The van der Waals surface area contributed by atoms with Gasteiger partial charge in [-0.1, -0.05) is 39.0 Å². The van der Waals surface area contributed by atoms with Gasteiger partial charge < -0.3 is 9.84 Å². The highest BCUT2D eigenvalue weighted by molar-refractivity contribution is 5.77. The molecule has 0 aliphatic heterocycles. The first-order chi connectivity index (χ1) is 7.92. The molecule has 0 heterocycles. The number of hydrogen-bond donors (Lipinski definition) is 1. The standard InChI is InChI=1S/C11H19F3O3/c1-2-3-4-5-6-7-8-17-10(15)11(14,16)9(12)13/h9,16H,2-8H2,1H3. The lowest BCUT2D eigenvalue weighted by molar-refractivity contribution is -0.218. The quantitative estimate of drug-likeness (QED) is 0.509. The number of esters is 1. The molecule has 0 aromatic heterocycles. The predicted molar refractivity (Wildman–Crippen MR) is 56.4 cm³/mol. The number of carbonyl (C=O) groups excluding carboxylic acids is 1. The maximum atomic E-state index is 12.6. The lowest BCUT2D eigenvalue weighted by atomic mass is 10.1. The molecular formula is C11H19F3O3. The molecule has 0 aromatic rings. The van der Waals surface area contributed by atoms with Crippen molar-refractivity contribution in [1.29, 1.82) is 0 Å². The van der Waals surface area contributed by atoms with E-state index in [9.17, 15) is 18.0 Å². The minimum Gasteiger partial charge on any atom is -0.461 e. The molecule has 0 aliphatic rings. The summed E-state index contributed by atoms with van der Waals surface area (Å²) in [5, 5.41) is 8.44. The minimum atomic E-state index is -4.19. The van der Waals surface area contributed by atoms with Gasteiger partial charge in [-0.25, -0.2) is 13.6 Å². The smallest absolute Gasteiger partial charge is 0.378 e. The Morgan fingerprint density at radius 1 is 1.24 bits per heavy atom. The van der Waals surface area contributed by atoms with E-state index in [2.05, 4.69) is 11.7 Å². The second-order valence-electron chi connectivity index (χ2n) is 3.88. The second-order valence-corrected chi connectivity index (χ2v) is 3.88. The second kappa shape index (κ2) is 8.33. The molecule has 0 aromatic carbocycles. The Bertz CT molecular complexity index is 220. The van der Waals surface area contributed by atoms with Crippen molar-refractivity contribution in [2.45, 2.75) is 57.7 Å². The highest BCUT2D eigenvalue weighted by Crippen LogP contribution is 2.19. The minimum absolute atomic E-state index is 0.149. The van der Waals surface area contributed by atoms with Gasteiger partial charge in [-0.15, -0.1) is 0 Å². The number of hydrogen-bond acceptors (Lipinski definition) is 3. The van der Waals surface area contributed by atoms with Crippen LogP contribution in [0.5, 0.6) is 0 Å². The normalized spacial score (nSPS) is 14.7. The van der Waals surface area contributed by atoms with Crippen LogP contribution in [-0.4, -0.2) is 30.0 Å². The Morgan fingerprint density at radius 3 is 2.29 bits per heavy atom. The Kier molecular flexibility index (Phi) is 7.95. The number of unbranched alkanes of at least 4 members (excludes halogenated alkanes) is 5. The lowest BCUT2D eigenvalue weighted by Gasteiger charge is -2.15. The zero-order valence-corrected chi connectivity index (χ0v) is 9.92. The van der Waals surface area contributed by atoms with Gasteiger partial charge >= 0.3 is 18.2 Å². The first-order valence-electron chi connectivity index (χ1n) is 5.79. The summed E-state index contributed by atoms with van der Waals surface area (Å²) in [5.41, 5.74) is 0. The molecule has 3 nitrogen and oxygen atoms in total. The maximum absolute atomic E-state index is 12.6. The fourth-order valence-corrected chi connectivity index (χ4v) is 1.24. The van der Waals surface area contributed by atoms with Crippen molar-refractivity contribution in [2.24, 2.45) is 0 Å². The van der Waals surface area contributed by atoms with Crippen LogP contribution in [0, 0.1) is 0 Å². The van der Waals surface area contributed by atoms with Crippen LogP contribution in [0.3, 0.4) is 0 Å². The third-order valence-electron chi connectivity index (χ3n) is 2.31. The Morgan fingerprint density at radius 2 is 1.76 bits per heavy atom. The summed E-state index contributed by atoms with van der Waals surface area (Å²) < 4.78 is 40.5. The number of aliphatic hydroxyl groups is 1. The molecule has 0 aliphatic carbocycles. The molecular weight excluding hydrogens is 237 g/mol. The molecule has 0 spiro atoms. The summed E-state index contributed by atoms with van der Waals surface area (Å²) in [5.74, 6) is -6.11. The summed E-state index contributed by atoms with van der Waals surface area (Å²) in [6, 6.07) is 0. The SMILES string of the molecule is CCCCCCCCOC(=O)C(O)(F)C(F)F. The molecule has 17 heavy (non-hydrogen) atoms. The first kappa shape index (κ1) is 16.2.